The highest BCUT2D eigenvalue weighted by Gasteiger charge is 2.44. The average Bonchev–Trinajstić information content (AvgIpc) is 3.13. The zero-order valence-corrected chi connectivity index (χ0v) is 14.5. The molecule has 2 aromatic rings. The minimum absolute atomic E-state index is 0.0730. The van der Waals surface area contributed by atoms with Gasteiger partial charge in [0.2, 0.25) is 5.91 Å². The monoisotopic (exact) mass is 364 g/mol. The molecule has 1 N–H and O–H groups in total. The van der Waals surface area contributed by atoms with Gasteiger partial charge in [-0.1, -0.05) is 12.1 Å². The van der Waals surface area contributed by atoms with E-state index >= 15 is 0 Å². The Labute approximate surface area is 149 Å². The van der Waals surface area contributed by atoms with E-state index < -0.39 is 11.4 Å². The fraction of sp³-hybridized carbons (Fsp3) is 0.333. The van der Waals surface area contributed by atoms with Crippen molar-refractivity contribution in [3.8, 4) is 0 Å². The second kappa shape index (κ2) is 6.88. The number of nitrogens with zero attached hydrogens (tertiary/aromatic N) is 1. The third-order valence-electron chi connectivity index (χ3n) is 4.41. The molecule has 132 valence electrons. The van der Waals surface area contributed by atoms with Gasteiger partial charge in [-0.15, -0.1) is 0 Å². The molecular formula is C18H18ClFN2O3. The van der Waals surface area contributed by atoms with Gasteiger partial charge < -0.3 is 14.6 Å². The van der Waals surface area contributed by atoms with Gasteiger partial charge in [0, 0.05) is 13.1 Å². The molecule has 25 heavy (non-hydrogen) atoms. The van der Waals surface area contributed by atoms with Crippen molar-refractivity contribution in [3.63, 3.8) is 0 Å². The van der Waals surface area contributed by atoms with E-state index in [4.69, 9.17) is 16.0 Å². The van der Waals surface area contributed by atoms with Gasteiger partial charge in [0.25, 0.3) is 5.91 Å². The van der Waals surface area contributed by atoms with E-state index in [0.717, 1.165) is 5.56 Å². The number of benzene rings is 1. The smallest absolute Gasteiger partial charge is 0.287 e. The van der Waals surface area contributed by atoms with Crippen molar-refractivity contribution in [2.24, 2.45) is 0 Å². The van der Waals surface area contributed by atoms with Crippen LogP contribution in [0.5, 0.6) is 0 Å². The highest BCUT2D eigenvalue weighted by molar-refractivity contribution is 6.29. The Hall–Kier alpha value is -2.34. The molecule has 0 aliphatic carbocycles. The van der Waals surface area contributed by atoms with Crippen molar-refractivity contribution in [2.75, 3.05) is 13.1 Å². The summed E-state index contributed by atoms with van der Waals surface area (Å²) in [5.41, 5.74) is -0.0175. The van der Waals surface area contributed by atoms with Crippen LogP contribution in [0.1, 0.15) is 29.5 Å². The van der Waals surface area contributed by atoms with Crippen LogP contribution < -0.4 is 5.32 Å². The summed E-state index contributed by atoms with van der Waals surface area (Å²) in [6, 6.07) is 9.16. The van der Waals surface area contributed by atoms with Gasteiger partial charge in [-0.2, -0.15) is 0 Å². The van der Waals surface area contributed by atoms with Crippen molar-refractivity contribution in [2.45, 2.75) is 25.3 Å². The molecule has 7 heteroatoms. The Balaban J connectivity index is 1.60. The number of hydrogen-bond acceptors (Lipinski definition) is 3. The Bertz CT molecular complexity index is 790. The molecule has 0 bridgehead atoms. The lowest BCUT2D eigenvalue weighted by molar-refractivity contribution is -0.132. The van der Waals surface area contributed by atoms with Gasteiger partial charge >= 0.3 is 0 Å². The normalized spacial score (nSPS) is 20.1. The first-order valence-corrected chi connectivity index (χ1v) is 8.37. The topological polar surface area (TPSA) is 62.6 Å². The zero-order chi connectivity index (χ0) is 18.0. The van der Waals surface area contributed by atoms with E-state index in [2.05, 4.69) is 5.32 Å². The lowest BCUT2D eigenvalue weighted by Gasteiger charge is -2.24. The molecule has 2 heterocycles. The predicted octanol–water partition coefficient (Wildman–Crippen LogP) is 3.04. The number of amides is 2. The third-order valence-corrected chi connectivity index (χ3v) is 4.61. The van der Waals surface area contributed by atoms with Gasteiger partial charge in [-0.3, -0.25) is 9.59 Å². The maximum Gasteiger partial charge on any atom is 0.287 e. The van der Waals surface area contributed by atoms with Crippen molar-refractivity contribution >= 4 is 23.4 Å². The fourth-order valence-electron chi connectivity index (χ4n) is 2.91. The number of carbonyl (C=O) groups is 2. The van der Waals surface area contributed by atoms with E-state index in [0.29, 0.717) is 25.9 Å². The van der Waals surface area contributed by atoms with Gasteiger partial charge in [0.15, 0.2) is 11.0 Å². The summed E-state index contributed by atoms with van der Waals surface area (Å²) in [7, 11) is 0. The molecule has 2 amide bonds. The molecule has 1 fully saturated rings. The molecule has 1 unspecified atom stereocenters. The van der Waals surface area contributed by atoms with E-state index in [1.165, 1.54) is 24.3 Å². The lowest BCUT2D eigenvalue weighted by Crippen LogP contribution is -2.52. The molecule has 1 atom stereocenters. The molecule has 3 rings (SSSR count). The van der Waals surface area contributed by atoms with E-state index in [9.17, 15) is 14.0 Å². The zero-order valence-electron chi connectivity index (χ0n) is 13.7. The van der Waals surface area contributed by atoms with Crippen LogP contribution in [0.15, 0.2) is 40.8 Å². The molecular weight excluding hydrogens is 347 g/mol. The maximum atomic E-state index is 12.9. The Morgan fingerprint density at radius 3 is 2.68 bits per heavy atom. The number of hydrogen-bond donors (Lipinski definition) is 1. The molecule has 1 aromatic carbocycles. The molecule has 0 radical (unpaired) electrons. The summed E-state index contributed by atoms with van der Waals surface area (Å²) in [4.78, 5) is 26.6. The van der Waals surface area contributed by atoms with Crippen LogP contribution in [0.25, 0.3) is 0 Å². The van der Waals surface area contributed by atoms with Crippen molar-refractivity contribution in [1.29, 1.82) is 0 Å². The van der Waals surface area contributed by atoms with Gasteiger partial charge in [0.1, 0.15) is 11.4 Å². The Morgan fingerprint density at radius 1 is 1.32 bits per heavy atom. The van der Waals surface area contributed by atoms with Crippen LogP contribution >= 0.6 is 11.6 Å². The summed E-state index contributed by atoms with van der Waals surface area (Å²) in [5.74, 6) is -0.818. The van der Waals surface area contributed by atoms with Crippen LogP contribution in [0, 0.1) is 5.82 Å². The second-order valence-electron chi connectivity index (χ2n) is 6.31. The first kappa shape index (κ1) is 17.5. The number of furan rings is 1. The standard InChI is InChI=1S/C18H18ClFN2O3/c1-18(21-16(23)14-6-7-15(19)25-14)9-11-22(17(18)24)10-8-12-2-4-13(20)5-3-12/h2-7H,8-11H2,1H3,(H,21,23). The predicted molar refractivity (Wildman–Crippen MR) is 90.9 cm³/mol. The maximum absolute atomic E-state index is 12.9. The Morgan fingerprint density at radius 2 is 2.04 bits per heavy atom. The highest BCUT2D eigenvalue weighted by atomic mass is 35.5. The minimum atomic E-state index is -0.973. The summed E-state index contributed by atoms with van der Waals surface area (Å²) in [5, 5.41) is 2.86. The van der Waals surface area contributed by atoms with Gasteiger partial charge in [-0.05, 0) is 61.2 Å². The van der Waals surface area contributed by atoms with Crippen molar-refractivity contribution in [1.82, 2.24) is 10.2 Å². The largest absolute Gasteiger partial charge is 0.440 e. The summed E-state index contributed by atoms with van der Waals surface area (Å²) >= 11 is 5.67. The minimum Gasteiger partial charge on any atom is -0.440 e. The van der Waals surface area contributed by atoms with Crippen LogP contribution in [0.2, 0.25) is 5.22 Å². The fourth-order valence-corrected chi connectivity index (χ4v) is 3.06. The van der Waals surface area contributed by atoms with Crippen LogP contribution in [0.4, 0.5) is 4.39 Å². The molecule has 1 aliphatic heterocycles. The van der Waals surface area contributed by atoms with E-state index in [1.54, 1.807) is 24.0 Å². The molecule has 5 nitrogen and oxygen atoms in total. The first-order chi connectivity index (χ1) is 11.9. The van der Waals surface area contributed by atoms with Gasteiger partial charge in [0.05, 0.1) is 0 Å². The molecule has 0 saturated carbocycles. The first-order valence-electron chi connectivity index (χ1n) is 7.99. The van der Waals surface area contributed by atoms with Crippen LogP contribution in [-0.2, 0) is 11.2 Å². The second-order valence-corrected chi connectivity index (χ2v) is 6.68. The Kier molecular flexibility index (Phi) is 4.81. The lowest BCUT2D eigenvalue weighted by atomic mass is 10.0. The molecule has 0 spiro atoms. The molecule has 1 aliphatic rings. The van der Waals surface area contributed by atoms with E-state index in [1.807, 2.05) is 0 Å². The average molecular weight is 365 g/mol. The number of halogens is 2. The highest BCUT2D eigenvalue weighted by Crippen LogP contribution is 2.24. The quantitative estimate of drug-likeness (QED) is 0.887. The van der Waals surface area contributed by atoms with Crippen molar-refractivity contribution in [3.05, 3.63) is 58.8 Å². The molecule has 1 aromatic heterocycles. The summed E-state index contributed by atoms with van der Waals surface area (Å²) in [6.07, 6.45) is 1.14. The molecule has 1 saturated heterocycles. The number of likely N-dealkylation sites (tertiary alicyclic amines) is 1. The van der Waals surface area contributed by atoms with Gasteiger partial charge in [-0.25, -0.2) is 4.39 Å². The van der Waals surface area contributed by atoms with Crippen LogP contribution in [-0.4, -0.2) is 35.3 Å². The summed E-state index contributed by atoms with van der Waals surface area (Å²) in [6.45, 7) is 2.77. The van der Waals surface area contributed by atoms with Crippen molar-refractivity contribution < 1.29 is 18.4 Å². The van der Waals surface area contributed by atoms with Crippen LogP contribution in [0.3, 0.4) is 0 Å². The van der Waals surface area contributed by atoms with E-state index in [-0.39, 0.29) is 22.7 Å². The number of nitrogens with one attached hydrogen (secondary N) is 1. The number of carbonyl (C=O) groups excluding carboxylic acids is 2. The summed E-state index contributed by atoms with van der Waals surface area (Å²) < 4.78 is 18.0. The SMILES string of the molecule is CC1(NC(=O)c2ccc(Cl)o2)CCN(CCc2ccc(F)cc2)C1=O. The third kappa shape index (κ3) is 3.85. The number of rotatable bonds is 5.